The molecule has 4 heteroatoms. The Balaban J connectivity index is 2.71. The number of nitrogens with one attached hydrogen (secondary N) is 2. The van der Waals surface area contributed by atoms with E-state index < -0.39 is 0 Å². The lowest BCUT2D eigenvalue weighted by Crippen LogP contribution is -2.34. The van der Waals surface area contributed by atoms with Crippen LogP contribution in [0.25, 0.3) is 0 Å². The number of rotatable bonds is 9. The summed E-state index contributed by atoms with van der Waals surface area (Å²) in [5.41, 5.74) is 1.12. The third-order valence-electron chi connectivity index (χ3n) is 3.15. The number of benzene rings is 1. The maximum atomic E-state index is 11.7. The number of carbonyl (C=O) groups is 1. The van der Waals surface area contributed by atoms with Gasteiger partial charge in [-0.25, -0.2) is 0 Å². The normalized spacial score (nSPS) is 12.2. The summed E-state index contributed by atoms with van der Waals surface area (Å²) in [5.74, 6) is 0.696. The number of carbonyl (C=O) groups excluding carboxylic acids is 1. The van der Waals surface area contributed by atoms with E-state index in [1.54, 1.807) is 0 Å². The molecule has 1 unspecified atom stereocenters. The van der Waals surface area contributed by atoms with Gasteiger partial charge in [0.1, 0.15) is 5.75 Å². The van der Waals surface area contributed by atoms with Gasteiger partial charge in [-0.15, -0.1) is 0 Å². The minimum Gasteiger partial charge on any atom is -0.483 e. The molecule has 118 valence electrons. The summed E-state index contributed by atoms with van der Waals surface area (Å²) in [5, 5.41) is 6.35. The summed E-state index contributed by atoms with van der Waals surface area (Å²) in [4.78, 5) is 11.7. The van der Waals surface area contributed by atoms with Crippen LogP contribution >= 0.6 is 0 Å². The topological polar surface area (TPSA) is 50.4 Å². The molecule has 0 aliphatic rings. The zero-order chi connectivity index (χ0) is 15.7. The molecular formula is C17H28N2O2. The predicted molar refractivity (Wildman–Crippen MR) is 86.5 cm³/mol. The Kier molecular flexibility index (Phi) is 7.83. The molecule has 1 aromatic rings. The first kappa shape index (κ1) is 17.5. The molecule has 1 aromatic carbocycles. The molecule has 1 rings (SSSR count). The second kappa shape index (κ2) is 9.40. The molecule has 4 nitrogen and oxygen atoms in total. The van der Waals surface area contributed by atoms with Gasteiger partial charge in [-0.3, -0.25) is 4.79 Å². The van der Waals surface area contributed by atoms with Crippen LogP contribution in [0.1, 0.15) is 52.1 Å². The molecular weight excluding hydrogens is 264 g/mol. The van der Waals surface area contributed by atoms with Gasteiger partial charge >= 0.3 is 0 Å². The number of hydrogen-bond donors (Lipinski definition) is 2. The van der Waals surface area contributed by atoms with E-state index in [2.05, 4.69) is 30.5 Å². The van der Waals surface area contributed by atoms with Crippen molar-refractivity contribution in [3.63, 3.8) is 0 Å². The van der Waals surface area contributed by atoms with Gasteiger partial charge in [0.15, 0.2) is 6.61 Å². The van der Waals surface area contributed by atoms with Crippen molar-refractivity contribution in [1.29, 1.82) is 0 Å². The van der Waals surface area contributed by atoms with Crippen LogP contribution < -0.4 is 15.4 Å². The maximum Gasteiger partial charge on any atom is 0.258 e. The Morgan fingerprint density at radius 2 is 1.95 bits per heavy atom. The van der Waals surface area contributed by atoms with Gasteiger partial charge in [-0.1, -0.05) is 32.0 Å². The zero-order valence-corrected chi connectivity index (χ0v) is 13.6. The Labute approximate surface area is 128 Å². The Morgan fingerprint density at radius 1 is 1.24 bits per heavy atom. The van der Waals surface area contributed by atoms with E-state index in [9.17, 15) is 4.79 Å². The fraction of sp³-hybridized carbons (Fsp3) is 0.588. The van der Waals surface area contributed by atoms with E-state index in [0.717, 1.165) is 30.7 Å². The molecule has 0 heterocycles. The summed E-state index contributed by atoms with van der Waals surface area (Å²) in [6.07, 6.45) is 2.08. The van der Waals surface area contributed by atoms with Crippen molar-refractivity contribution < 1.29 is 9.53 Å². The minimum atomic E-state index is -0.0885. The van der Waals surface area contributed by atoms with E-state index in [4.69, 9.17) is 4.74 Å². The number of ether oxygens (including phenoxy) is 1. The average molecular weight is 292 g/mol. The molecule has 0 aromatic heterocycles. The van der Waals surface area contributed by atoms with Crippen LogP contribution in [-0.2, 0) is 4.79 Å². The first-order valence-electron chi connectivity index (χ1n) is 7.82. The average Bonchev–Trinajstić information content (AvgIpc) is 2.46. The van der Waals surface area contributed by atoms with Crippen LogP contribution in [0.4, 0.5) is 0 Å². The van der Waals surface area contributed by atoms with Crippen molar-refractivity contribution in [3.8, 4) is 5.75 Å². The van der Waals surface area contributed by atoms with Gasteiger partial charge < -0.3 is 15.4 Å². The Bertz CT molecular complexity index is 433. The largest absolute Gasteiger partial charge is 0.483 e. The first-order chi connectivity index (χ1) is 10.1. The van der Waals surface area contributed by atoms with E-state index in [0.29, 0.717) is 0 Å². The molecule has 0 aliphatic carbocycles. The maximum absolute atomic E-state index is 11.7. The second-order valence-corrected chi connectivity index (χ2v) is 5.46. The molecule has 0 radical (unpaired) electrons. The van der Waals surface area contributed by atoms with E-state index in [1.165, 1.54) is 0 Å². The third kappa shape index (κ3) is 6.17. The van der Waals surface area contributed by atoms with Crippen LogP contribution in [-0.4, -0.2) is 25.1 Å². The van der Waals surface area contributed by atoms with Gasteiger partial charge in [0.2, 0.25) is 0 Å². The van der Waals surface area contributed by atoms with Crippen molar-refractivity contribution >= 4 is 5.91 Å². The molecule has 2 N–H and O–H groups in total. The summed E-state index contributed by atoms with van der Waals surface area (Å²) < 4.78 is 5.71. The quantitative estimate of drug-likeness (QED) is 0.735. The summed E-state index contributed by atoms with van der Waals surface area (Å²) >= 11 is 0. The van der Waals surface area contributed by atoms with Crippen LogP contribution in [0, 0.1) is 0 Å². The molecule has 0 saturated carbocycles. The first-order valence-corrected chi connectivity index (χ1v) is 7.82. The van der Waals surface area contributed by atoms with Crippen molar-refractivity contribution in [3.05, 3.63) is 29.8 Å². The summed E-state index contributed by atoms with van der Waals surface area (Å²) in [6, 6.07) is 8.32. The van der Waals surface area contributed by atoms with Crippen molar-refractivity contribution in [2.24, 2.45) is 0 Å². The fourth-order valence-corrected chi connectivity index (χ4v) is 2.20. The molecule has 0 bridgehead atoms. The lowest BCUT2D eigenvalue weighted by molar-refractivity contribution is -0.123. The van der Waals surface area contributed by atoms with Gasteiger partial charge in [0.25, 0.3) is 5.91 Å². The van der Waals surface area contributed by atoms with Gasteiger partial charge in [-0.2, -0.15) is 0 Å². The minimum absolute atomic E-state index is 0.0550. The molecule has 1 amide bonds. The van der Waals surface area contributed by atoms with Gasteiger partial charge in [-0.05, 0) is 39.3 Å². The van der Waals surface area contributed by atoms with Gasteiger partial charge in [0, 0.05) is 17.6 Å². The SMILES string of the molecule is CCCNC(CC)c1ccccc1OCC(=O)NC(C)C. The molecule has 0 spiro atoms. The lowest BCUT2D eigenvalue weighted by Gasteiger charge is -2.20. The number of para-hydroxylation sites is 1. The lowest BCUT2D eigenvalue weighted by atomic mass is 10.0. The van der Waals surface area contributed by atoms with Gasteiger partial charge in [0.05, 0.1) is 0 Å². The fourth-order valence-electron chi connectivity index (χ4n) is 2.20. The predicted octanol–water partition coefficient (Wildman–Crippen LogP) is 3.04. The van der Waals surface area contributed by atoms with E-state index in [1.807, 2.05) is 32.0 Å². The smallest absolute Gasteiger partial charge is 0.258 e. The van der Waals surface area contributed by atoms with Crippen molar-refractivity contribution in [2.75, 3.05) is 13.2 Å². The monoisotopic (exact) mass is 292 g/mol. The zero-order valence-electron chi connectivity index (χ0n) is 13.6. The molecule has 0 fully saturated rings. The highest BCUT2D eigenvalue weighted by atomic mass is 16.5. The van der Waals surface area contributed by atoms with Crippen LogP contribution in [0.3, 0.4) is 0 Å². The van der Waals surface area contributed by atoms with Crippen LogP contribution in [0.5, 0.6) is 5.75 Å². The third-order valence-corrected chi connectivity index (χ3v) is 3.15. The Hall–Kier alpha value is -1.55. The summed E-state index contributed by atoms with van der Waals surface area (Å²) in [7, 11) is 0. The molecule has 0 aliphatic heterocycles. The van der Waals surface area contributed by atoms with E-state index >= 15 is 0 Å². The second-order valence-electron chi connectivity index (χ2n) is 5.46. The highest BCUT2D eigenvalue weighted by Gasteiger charge is 2.14. The Morgan fingerprint density at radius 3 is 2.57 bits per heavy atom. The molecule has 1 atom stereocenters. The van der Waals surface area contributed by atoms with Crippen LogP contribution in [0.15, 0.2) is 24.3 Å². The molecule has 0 saturated heterocycles. The van der Waals surface area contributed by atoms with E-state index in [-0.39, 0.29) is 24.6 Å². The van der Waals surface area contributed by atoms with Crippen molar-refractivity contribution in [2.45, 2.75) is 52.6 Å². The molecule has 21 heavy (non-hydrogen) atoms. The van der Waals surface area contributed by atoms with Crippen molar-refractivity contribution in [1.82, 2.24) is 10.6 Å². The standard InChI is InChI=1S/C17H28N2O2/c1-5-11-18-15(6-2)14-9-7-8-10-16(14)21-12-17(20)19-13(3)4/h7-10,13,15,18H,5-6,11-12H2,1-4H3,(H,19,20). The van der Waals surface area contributed by atoms with Crippen LogP contribution in [0.2, 0.25) is 0 Å². The number of amides is 1. The number of hydrogen-bond acceptors (Lipinski definition) is 3. The highest BCUT2D eigenvalue weighted by Crippen LogP contribution is 2.27. The highest BCUT2D eigenvalue weighted by molar-refractivity contribution is 5.77. The summed E-state index contributed by atoms with van der Waals surface area (Å²) in [6.45, 7) is 9.20.